The van der Waals surface area contributed by atoms with Crippen molar-refractivity contribution < 1.29 is 19.5 Å². The van der Waals surface area contributed by atoms with E-state index in [4.69, 9.17) is 0 Å². The Kier molecular flexibility index (Phi) is 4.30. The van der Waals surface area contributed by atoms with E-state index < -0.39 is 12.0 Å². The summed E-state index contributed by atoms with van der Waals surface area (Å²) in [5.74, 6) is -0.814. The maximum absolute atomic E-state index is 12.8. The monoisotopic (exact) mass is 330 g/mol. The Morgan fingerprint density at radius 3 is 2.71 bits per heavy atom. The largest absolute Gasteiger partial charge is 0.480 e. The van der Waals surface area contributed by atoms with Gasteiger partial charge in [0.05, 0.1) is 0 Å². The number of piperidine rings is 1. The molecule has 2 unspecified atom stereocenters. The molecule has 1 aromatic carbocycles. The normalized spacial score (nSPS) is 23.8. The molecule has 2 amide bonds. The second-order valence-electron chi connectivity index (χ2n) is 6.78. The molecule has 0 spiro atoms. The first kappa shape index (κ1) is 16.5. The van der Waals surface area contributed by atoms with Crippen LogP contribution in [0.1, 0.15) is 42.1 Å². The second-order valence-corrected chi connectivity index (χ2v) is 6.78. The molecule has 1 aromatic rings. The molecule has 1 saturated heterocycles. The molecule has 0 aromatic heterocycles. The molecule has 2 heterocycles. The Labute approximate surface area is 141 Å². The van der Waals surface area contributed by atoms with Gasteiger partial charge in [-0.1, -0.05) is 6.92 Å². The smallest absolute Gasteiger partial charge is 0.326 e. The standard InChI is InChI=1S/C18H22N2O4/c1-11-7-8-20(15(9-11)18(23)24)17(22)13-3-5-14-12(10-13)4-6-16(21)19(14)2/h3,5,10-11,15H,4,6-9H2,1-2H3,(H,23,24). The predicted molar refractivity (Wildman–Crippen MR) is 89.0 cm³/mol. The van der Waals surface area contributed by atoms with E-state index in [1.165, 1.54) is 4.90 Å². The van der Waals surface area contributed by atoms with E-state index in [-0.39, 0.29) is 11.8 Å². The molecule has 0 radical (unpaired) electrons. The third-order valence-corrected chi connectivity index (χ3v) is 5.08. The zero-order valence-electron chi connectivity index (χ0n) is 14.0. The lowest BCUT2D eigenvalue weighted by Gasteiger charge is -2.36. The summed E-state index contributed by atoms with van der Waals surface area (Å²) in [7, 11) is 1.73. The molecule has 2 aliphatic rings. The van der Waals surface area contributed by atoms with Gasteiger partial charge in [0.2, 0.25) is 5.91 Å². The lowest BCUT2D eigenvalue weighted by atomic mass is 9.91. The summed E-state index contributed by atoms with van der Waals surface area (Å²) in [5.41, 5.74) is 2.28. The summed E-state index contributed by atoms with van der Waals surface area (Å²) < 4.78 is 0. The van der Waals surface area contributed by atoms with Crippen molar-refractivity contribution in [2.75, 3.05) is 18.5 Å². The number of fused-ring (bicyclic) bond motifs is 1. The molecule has 24 heavy (non-hydrogen) atoms. The third kappa shape index (κ3) is 2.88. The average Bonchev–Trinajstić information content (AvgIpc) is 2.57. The van der Waals surface area contributed by atoms with E-state index in [1.54, 1.807) is 30.1 Å². The lowest BCUT2D eigenvalue weighted by molar-refractivity contribution is -0.144. The van der Waals surface area contributed by atoms with Crippen molar-refractivity contribution in [3.63, 3.8) is 0 Å². The summed E-state index contributed by atoms with van der Waals surface area (Å²) in [6.45, 7) is 2.48. The highest BCUT2D eigenvalue weighted by Gasteiger charge is 2.35. The molecule has 2 aliphatic heterocycles. The molecule has 6 heteroatoms. The Morgan fingerprint density at radius 1 is 1.25 bits per heavy atom. The van der Waals surface area contributed by atoms with Crippen molar-refractivity contribution >= 4 is 23.5 Å². The molecule has 1 fully saturated rings. The van der Waals surface area contributed by atoms with Crippen molar-refractivity contribution in [3.8, 4) is 0 Å². The number of likely N-dealkylation sites (tertiary alicyclic amines) is 1. The SMILES string of the molecule is CC1CCN(C(=O)c2ccc3c(c2)CCC(=O)N3C)C(C(=O)O)C1. The van der Waals surface area contributed by atoms with Gasteiger partial charge in [-0.05, 0) is 48.9 Å². The molecule has 3 rings (SSSR count). The molecular formula is C18H22N2O4. The van der Waals surface area contributed by atoms with Crippen LogP contribution in [0.5, 0.6) is 0 Å². The van der Waals surface area contributed by atoms with Gasteiger partial charge in [-0.25, -0.2) is 4.79 Å². The van der Waals surface area contributed by atoms with Crippen LogP contribution in [-0.4, -0.2) is 47.4 Å². The molecular weight excluding hydrogens is 308 g/mol. The summed E-state index contributed by atoms with van der Waals surface area (Å²) in [6.07, 6.45) is 2.35. The van der Waals surface area contributed by atoms with Gasteiger partial charge in [0.1, 0.15) is 6.04 Å². The van der Waals surface area contributed by atoms with Crippen molar-refractivity contribution in [3.05, 3.63) is 29.3 Å². The third-order valence-electron chi connectivity index (χ3n) is 5.08. The number of carboxylic acids is 1. The summed E-state index contributed by atoms with van der Waals surface area (Å²) in [5, 5.41) is 9.44. The zero-order chi connectivity index (χ0) is 17.4. The van der Waals surface area contributed by atoms with Crippen LogP contribution < -0.4 is 4.90 Å². The van der Waals surface area contributed by atoms with Crippen LogP contribution in [0.4, 0.5) is 5.69 Å². The fourth-order valence-corrected chi connectivity index (χ4v) is 3.57. The molecule has 0 saturated carbocycles. The maximum Gasteiger partial charge on any atom is 0.326 e. The van der Waals surface area contributed by atoms with Gasteiger partial charge in [0.15, 0.2) is 0 Å². The number of hydrogen-bond donors (Lipinski definition) is 1. The zero-order valence-corrected chi connectivity index (χ0v) is 14.0. The fourth-order valence-electron chi connectivity index (χ4n) is 3.57. The Balaban J connectivity index is 1.87. The maximum atomic E-state index is 12.8. The summed E-state index contributed by atoms with van der Waals surface area (Å²) in [6, 6.07) is 4.51. The van der Waals surface area contributed by atoms with Crippen LogP contribution in [0, 0.1) is 5.92 Å². The molecule has 6 nitrogen and oxygen atoms in total. The first-order valence-electron chi connectivity index (χ1n) is 8.31. The van der Waals surface area contributed by atoms with E-state index in [0.29, 0.717) is 37.3 Å². The van der Waals surface area contributed by atoms with Crippen molar-refractivity contribution in [1.82, 2.24) is 4.90 Å². The second kappa shape index (κ2) is 6.26. The predicted octanol–water partition coefficient (Wildman–Crippen LogP) is 1.92. The fraction of sp³-hybridized carbons (Fsp3) is 0.500. The number of benzene rings is 1. The van der Waals surface area contributed by atoms with Crippen LogP contribution in [0.3, 0.4) is 0 Å². The van der Waals surface area contributed by atoms with Crippen molar-refractivity contribution in [2.45, 2.75) is 38.6 Å². The quantitative estimate of drug-likeness (QED) is 0.899. The highest BCUT2D eigenvalue weighted by molar-refractivity contribution is 6.00. The number of aryl methyl sites for hydroxylation is 1. The number of rotatable bonds is 2. The molecule has 128 valence electrons. The minimum atomic E-state index is -0.946. The van der Waals surface area contributed by atoms with Crippen LogP contribution in [-0.2, 0) is 16.0 Å². The van der Waals surface area contributed by atoms with Gasteiger partial charge in [-0.3, -0.25) is 9.59 Å². The number of carbonyl (C=O) groups is 3. The number of carboxylic acid groups (broad SMARTS) is 1. The van der Waals surface area contributed by atoms with Gasteiger partial charge in [-0.15, -0.1) is 0 Å². The van der Waals surface area contributed by atoms with Crippen molar-refractivity contribution in [2.24, 2.45) is 5.92 Å². The molecule has 2 atom stereocenters. The van der Waals surface area contributed by atoms with Crippen LogP contribution >= 0.6 is 0 Å². The van der Waals surface area contributed by atoms with E-state index in [1.807, 2.05) is 6.92 Å². The number of hydrogen-bond acceptors (Lipinski definition) is 3. The lowest BCUT2D eigenvalue weighted by Crippen LogP contribution is -2.49. The van der Waals surface area contributed by atoms with Crippen LogP contribution in [0.25, 0.3) is 0 Å². The Hall–Kier alpha value is -2.37. The number of nitrogens with zero attached hydrogens (tertiary/aromatic N) is 2. The van der Waals surface area contributed by atoms with Gasteiger partial charge < -0.3 is 14.9 Å². The van der Waals surface area contributed by atoms with E-state index in [2.05, 4.69) is 0 Å². The molecule has 0 bridgehead atoms. The van der Waals surface area contributed by atoms with E-state index >= 15 is 0 Å². The highest BCUT2D eigenvalue weighted by Crippen LogP contribution is 2.29. The molecule has 1 N–H and O–H groups in total. The van der Waals surface area contributed by atoms with Crippen LogP contribution in [0.15, 0.2) is 18.2 Å². The van der Waals surface area contributed by atoms with Gasteiger partial charge in [0, 0.05) is 31.3 Å². The minimum Gasteiger partial charge on any atom is -0.480 e. The Bertz CT molecular complexity index is 700. The minimum absolute atomic E-state index is 0.0672. The van der Waals surface area contributed by atoms with Crippen LogP contribution in [0.2, 0.25) is 0 Å². The highest BCUT2D eigenvalue weighted by atomic mass is 16.4. The van der Waals surface area contributed by atoms with Gasteiger partial charge >= 0.3 is 5.97 Å². The van der Waals surface area contributed by atoms with Gasteiger partial charge in [-0.2, -0.15) is 0 Å². The summed E-state index contributed by atoms with van der Waals surface area (Å²) in [4.78, 5) is 39.2. The van der Waals surface area contributed by atoms with Crippen molar-refractivity contribution in [1.29, 1.82) is 0 Å². The van der Waals surface area contributed by atoms with E-state index in [9.17, 15) is 19.5 Å². The van der Waals surface area contributed by atoms with Gasteiger partial charge in [0.25, 0.3) is 5.91 Å². The number of aliphatic carboxylic acids is 1. The first-order chi connectivity index (χ1) is 11.4. The molecule has 0 aliphatic carbocycles. The number of anilines is 1. The topological polar surface area (TPSA) is 77.9 Å². The average molecular weight is 330 g/mol. The Morgan fingerprint density at radius 2 is 2.00 bits per heavy atom. The number of carbonyl (C=O) groups excluding carboxylic acids is 2. The first-order valence-corrected chi connectivity index (χ1v) is 8.31. The van der Waals surface area contributed by atoms with E-state index in [0.717, 1.165) is 17.7 Å². The summed E-state index contributed by atoms with van der Waals surface area (Å²) >= 11 is 0. The number of amides is 2.